The molecule has 0 aliphatic heterocycles. The number of fused-ring (bicyclic) bond motifs is 1. The highest BCUT2D eigenvalue weighted by atomic mass is 16.5. The molecular weight excluding hydrogens is 224 g/mol. The molecule has 2 rings (SSSR count). The van der Waals surface area contributed by atoms with Crippen LogP contribution in [0.25, 0.3) is 0 Å². The summed E-state index contributed by atoms with van der Waals surface area (Å²) >= 11 is 0. The van der Waals surface area contributed by atoms with Crippen LogP contribution in [-0.2, 0) is 4.74 Å². The lowest BCUT2D eigenvalue weighted by Crippen LogP contribution is -2.55. The third-order valence-electron chi connectivity index (χ3n) is 5.62. The monoisotopic (exact) mass is 252 g/mol. The van der Waals surface area contributed by atoms with Crippen molar-refractivity contribution in [2.45, 2.75) is 65.1 Å². The number of rotatable bonds is 1. The zero-order chi connectivity index (χ0) is 13.6. The normalized spacial score (nSPS) is 46.8. The number of hydrogen-bond donors (Lipinski definition) is 1. The van der Waals surface area contributed by atoms with E-state index >= 15 is 0 Å². The predicted molar refractivity (Wildman–Crippen MR) is 74.4 cm³/mol. The van der Waals surface area contributed by atoms with Crippen molar-refractivity contribution in [2.75, 3.05) is 7.11 Å². The maximum Gasteiger partial charge on any atom is 0.0748 e. The van der Waals surface area contributed by atoms with Gasteiger partial charge in [0, 0.05) is 7.11 Å². The van der Waals surface area contributed by atoms with E-state index in [9.17, 15) is 5.11 Å². The zero-order valence-electron chi connectivity index (χ0n) is 12.5. The molecule has 0 heterocycles. The fraction of sp³-hybridized carbons (Fsp3) is 0.875. The second kappa shape index (κ2) is 4.64. The average molecular weight is 252 g/mol. The van der Waals surface area contributed by atoms with Crippen molar-refractivity contribution in [2.24, 2.45) is 17.3 Å². The lowest BCUT2D eigenvalue weighted by molar-refractivity contribution is -0.157. The van der Waals surface area contributed by atoms with E-state index in [1.807, 2.05) is 7.11 Å². The Morgan fingerprint density at radius 2 is 1.94 bits per heavy atom. The number of hydrogen-bond acceptors (Lipinski definition) is 2. The van der Waals surface area contributed by atoms with Crippen LogP contribution in [0.2, 0.25) is 0 Å². The van der Waals surface area contributed by atoms with E-state index in [2.05, 4.69) is 33.8 Å². The molecule has 18 heavy (non-hydrogen) atoms. The van der Waals surface area contributed by atoms with Crippen LogP contribution in [0.1, 0.15) is 53.4 Å². The van der Waals surface area contributed by atoms with E-state index in [0.717, 1.165) is 24.8 Å². The first kappa shape index (κ1) is 14.1. The van der Waals surface area contributed by atoms with Gasteiger partial charge in [-0.05, 0) is 62.4 Å². The lowest BCUT2D eigenvalue weighted by atomic mass is 9.50. The van der Waals surface area contributed by atoms with E-state index in [4.69, 9.17) is 4.74 Å². The zero-order valence-corrected chi connectivity index (χ0v) is 12.5. The lowest BCUT2D eigenvalue weighted by Gasteiger charge is -2.58. The molecule has 0 bridgehead atoms. The predicted octanol–water partition coefficient (Wildman–Crippen LogP) is 3.54. The minimum atomic E-state index is -0.292. The van der Waals surface area contributed by atoms with E-state index in [0.29, 0.717) is 17.3 Å². The highest BCUT2D eigenvalue weighted by Gasteiger charge is 2.54. The van der Waals surface area contributed by atoms with Crippen LogP contribution < -0.4 is 0 Å². The molecule has 0 radical (unpaired) electrons. The number of methoxy groups -OCH3 is 1. The topological polar surface area (TPSA) is 29.5 Å². The second-order valence-electron chi connectivity index (χ2n) is 7.16. The molecule has 4 atom stereocenters. The maximum absolute atomic E-state index is 10.1. The summed E-state index contributed by atoms with van der Waals surface area (Å²) in [4.78, 5) is 0. The third-order valence-corrected chi connectivity index (χ3v) is 5.62. The summed E-state index contributed by atoms with van der Waals surface area (Å²) in [6, 6.07) is 0. The Morgan fingerprint density at radius 3 is 2.50 bits per heavy atom. The smallest absolute Gasteiger partial charge is 0.0748 e. The first-order valence-corrected chi connectivity index (χ1v) is 7.20. The molecule has 0 aromatic carbocycles. The summed E-state index contributed by atoms with van der Waals surface area (Å²) in [6.07, 6.45) is 6.05. The Bertz CT molecular complexity index is 345. The summed E-state index contributed by atoms with van der Waals surface area (Å²) in [5.41, 5.74) is 1.48. The van der Waals surface area contributed by atoms with Gasteiger partial charge in [0.05, 0.1) is 11.7 Å². The van der Waals surface area contributed by atoms with Crippen LogP contribution in [0.5, 0.6) is 0 Å². The molecule has 0 aromatic heterocycles. The summed E-state index contributed by atoms with van der Waals surface area (Å²) in [7, 11) is 1.83. The Kier molecular flexibility index (Phi) is 3.63. The molecule has 2 aliphatic carbocycles. The van der Waals surface area contributed by atoms with Gasteiger partial charge in [0.25, 0.3) is 0 Å². The maximum atomic E-state index is 10.1. The first-order chi connectivity index (χ1) is 8.30. The van der Waals surface area contributed by atoms with Crippen LogP contribution in [0.15, 0.2) is 11.6 Å². The molecule has 2 aliphatic rings. The molecule has 1 fully saturated rings. The van der Waals surface area contributed by atoms with Crippen molar-refractivity contribution in [3.63, 3.8) is 0 Å². The van der Waals surface area contributed by atoms with Gasteiger partial charge in [-0.2, -0.15) is 0 Å². The van der Waals surface area contributed by atoms with Gasteiger partial charge >= 0.3 is 0 Å². The third kappa shape index (κ3) is 2.25. The van der Waals surface area contributed by atoms with E-state index < -0.39 is 0 Å². The number of aliphatic hydroxyl groups is 1. The molecule has 0 unspecified atom stereocenters. The van der Waals surface area contributed by atoms with E-state index in [1.165, 1.54) is 6.42 Å². The molecule has 104 valence electrons. The first-order valence-electron chi connectivity index (χ1n) is 7.20. The summed E-state index contributed by atoms with van der Waals surface area (Å²) in [5, 5.41) is 10.1. The fourth-order valence-electron chi connectivity index (χ4n) is 3.91. The van der Waals surface area contributed by atoms with Gasteiger partial charge < -0.3 is 9.84 Å². The molecule has 2 heteroatoms. The summed E-state index contributed by atoms with van der Waals surface area (Å²) in [5.74, 6) is 1.31. The Morgan fingerprint density at radius 1 is 1.28 bits per heavy atom. The Balaban J connectivity index is 2.26. The molecular formula is C16H28O2. The van der Waals surface area contributed by atoms with Gasteiger partial charge in [-0.25, -0.2) is 0 Å². The van der Waals surface area contributed by atoms with Crippen molar-refractivity contribution in [3.05, 3.63) is 11.6 Å². The van der Waals surface area contributed by atoms with Crippen molar-refractivity contribution in [1.29, 1.82) is 0 Å². The molecule has 0 saturated heterocycles. The second-order valence-corrected chi connectivity index (χ2v) is 7.16. The minimum absolute atomic E-state index is 0.0698. The van der Waals surface area contributed by atoms with Crippen molar-refractivity contribution < 1.29 is 9.84 Å². The number of ether oxygens (including phenoxy) is 1. The summed E-state index contributed by atoms with van der Waals surface area (Å²) in [6.45, 7) is 9.01. The highest BCUT2D eigenvalue weighted by Crippen LogP contribution is 2.58. The Hall–Kier alpha value is -0.340. The van der Waals surface area contributed by atoms with Crippen molar-refractivity contribution in [1.82, 2.24) is 0 Å². The van der Waals surface area contributed by atoms with Crippen molar-refractivity contribution >= 4 is 0 Å². The van der Waals surface area contributed by atoms with Crippen LogP contribution in [0.4, 0.5) is 0 Å². The van der Waals surface area contributed by atoms with Crippen LogP contribution in [-0.4, -0.2) is 23.9 Å². The largest absolute Gasteiger partial charge is 0.389 e. The molecule has 1 saturated carbocycles. The highest BCUT2D eigenvalue weighted by molar-refractivity contribution is 5.13. The van der Waals surface area contributed by atoms with Gasteiger partial charge in [-0.3, -0.25) is 0 Å². The summed E-state index contributed by atoms with van der Waals surface area (Å²) < 4.78 is 5.85. The molecule has 0 aromatic rings. The van der Waals surface area contributed by atoms with Gasteiger partial charge in [0.15, 0.2) is 0 Å². The van der Waals surface area contributed by atoms with Gasteiger partial charge in [-0.15, -0.1) is 0 Å². The molecule has 0 spiro atoms. The van der Waals surface area contributed by atoms with Crippen LogP contribution in [0, 0.1) is 17.3 Å². The molecule has 2 nitrogen and oxygen atoms in total. The van der Waals surface area contributed by atoms with Gasteiger partial charge in [0.1, 0.15) is 0 Å². The van der Waals surface area contributed by atoms with Crippen LogP contribution in [0.3, 0.4) is 0 Å². The van der Waals surface area contributed by atoms with E-state index in [1.54, 1.807) is 0 Å². The molecule has 0 amide bonds. The standard InChI is InChI=1S/C16H28O2/c1-11-6-7-12-13(10-15(12,2)3)16(4,18-5)9-8-14(11)17/h6,12-14,17H,7-10H2,1-5H3/b11-6-/t12-,13+,14-,16-/m1/s1. The molecule has 1 N–H and O–H groups in total. The average Bonchev–Trinajstić information content (AvgIpc) is 2.35. The van der Waals surface area contributed by atoms with Crippen molar-refractivity contribution in [3.8, 4) is 0 Å². The van der Waals surface area contributed by atoms with Crippen LogP contribution >= 0.6 is 0 Å². The fourth-order valence-corrected chi connectivity index (χ4v) is 3.91. The van der Waals surface area contributed by atoms with Gasteiger partial charge in [0.2, 0.25) is 0 Å². The minimum Gasteiger partial charge on any atom is -0.389 e. The Labute approximate surface area is 111 Å². The number of allylic oxidation sites excluding steroid dienone is 1. The number of aliphatic hydroxyl groups excluding tert-OH is 1. The SMILES string of the molecule is CO[C@]1(C)CC[C@@H](O)/C(C)=C\C[C@@H]2[C@@H]1CC2(C)C. The van der Waals surface area contributed by atoms with Gasteiger partial charge in [-0.1, -0.05) is 19.9 Å². The van der Waals surface area contributed by atoms with E-state index in [-0.39, 0.29) is 11.7 Å². The quantitative estimate of drug-likeness (QED) is 0.723.